The van der Waals surface area contributed by atoms with E-state index in [1.54, 1.807) is 0 Å². The van der Waals surface area contributed by atoms with E-state index in [0.717, 1.165) is 134 Å². The number of aryl methyl sites for hydroxylation is 2. The van der Waals surface area contributed by atoms with E-state index in [1.807, 2.05) is 30.5 Å². The first-order valence-corrected chi connectivity index (χ1v) is 24.0. The van der Waals surface area contributed by atoms with Gasteiger partial charge in [-0.15, -0.1) is 48.1 Å². The van der Waals surface area contributed by atoms with Crippen molar-refractivity contribution in [1.29, 1.82) is 5.26 Å². The van der Waals surface area contributed by atoms with Crippen LogP contribution in [0.5, 0.6) is 11.5 Å². The smallest absolute Gasteiger partial charge is 0.135 e. The van der Waals surface area contributed by atoms with Crippen molar-refractivity contribution in [2.24, 2.45) is 0 Å². The molecule has 0 spiro atoms. The first-order valence-electron chi connectivity index (χ1n) is 24.0. The molecular weight excluding hydrogens is 1040 g/mol. The van der Waals surface area contributed by atoms with Gasteiger partial charge in [0.1, 0.15) is 11.6 Å². The molecule has 0 N–H and O–H groups in total. The van der Waals surface area contributed by atoms with Crippen molar-refractivity contribution in [2.45, 2.75) is 70.3 Å². The molecule has 3 aromatic heterocycles. The second kappa shape index (κ2) is 16.9. The van der Waals surface area contributed by atoms with Crippen LogP contribution in [-0.2, 0) is 44.9 Å². The molecule has 0 radical (unpaired) electrons. The Morgan fingerprint density at radius 3 is 2.13 bits per heavy atom. The number of benzene rings is 7. The van der Waals surface area contributed by atoms with Crippen LogP contribution in [0.4, 0.5) is 22.7 Å². The molecule has 1 saturated carbocycles. The summed E-state index contributed by atoms with van der Waals surface area (Å²) in [5.41, 5.74) is 14.4. The summed E-state index contributed by atoms with van der Waals surface area (Å²) >= 11 is 0. The molecule has 1 fully saturated rings. The molecule has 346 valence electrons. The molecule has 2 aliphatic heterocycles. The van der Waals surface area contributed by atoms with Gasteiger partial charge < -0.3 is 23.7 Å². The van der Waals surface area contributed by atoms with Crippen LogP contribution in [-0.4, -0.2) is 19.1 Å². The van der Waals surface area contributed by atoms with Crippen molar-refractivity contribution in [3.8, 4) is 45.6 Å². The SMILES string of the molecule is CC(C)(C)c1ccc2c(c1)c1ccc(Oc3[c-]c(N4[CH-]N(c5c(-c6ccccc6)cccc5-c5ccccc5)c5cc6c(cc54)nc4n6CCCC4)ccc3)[c-]c1n2-c1ccc(C2(C#N)CC2)cn1.[Pt]. The van der Waals surface area contributed by atoms with Gasteiger partial charge in [-0.2, -0.15) is 17.4 Å². The minimum Gasteiger partial charge on any atom is -0.509 e. The summed E-state index contributed by atoms with van der Waals surface area (Å²) in [7, 11) is 0. The molecule has 7 aromatic carbocycles. The van der Waals surface area contributed by atoms with Crippen LogP contribution in [0, 0.1) is 30.1 Å². The molecule has 0 saturated heterocycles. The minimum atomic E-state index is -0.415. The normalized spacial score (nSPS) is 14.9. The molecule has 0 bridgehead atoms. The number of rotatable bonds is 8. The van der Waals surface area contributed by atoms with Crippen LogP contribution in [0.2, 0.25) is 0 Å². The van der Waals surface area contributed by atoms with E-state index in [4.69, 9.17) is 14.7 Å². The third kappa shape index (κ3) is 7.29. The zero-order valence-corrected chi connectivity index (χ0v) is 41.5. The number of nitrogens with zero attached hydrogens (tertiary/aromatic N) is 7. The van der Waals surface area contributed by atoms with Gasteiger partial charge in [-0.25, -0.2) is 9.97 Å². The van der Waals surface area contributed by atoms with Crippen molar-refractivity contribution in [3.05, 3.63) is 194 Å². The fourth-order valence-corrected chi connectivity index (χ4v) is 10.5. The van der Waals surface area contributed by atoms with Crippen molar-refractivity contribution in [1.82, 2.24) is 19.1 Å². The molecule has 5 heterocycles. The first kappa shape index (κ1) is 43.8. The van der Waals surface area contributed by atoms with E-state index in [-0.39, 0.29) is 26.5 Å². The summed E-state index contributed by atoms with van der Waals surface area (Å²) in [6.07, 6.45) is 6.89. The van der Waals surface area contributed by atoms with Crippen molar-refractivity contribution < 1.29 is 25.8 Å². The van der Waals surface area contributed by atoms with Crippen molar-refractivity contribution >= 4 is 55.6 Å². The number of anilines is 4. The van der Waals surface area contributed by atoms with Crippen molar-refractivity contribution in [2.75, 3.05) is 9.80 Å². The second-order valence-corrected chi connectivity index (χ2v) is 19.8. The van der Waals surface area contributed by atoms with Crippen LogP contribution in [0.3, 0.4) is 0 Å². The maximum atomic E-state index is 9.92. The van der Waals surface area contributed by atoms with Gasteiger partial charge in [0.2, 0.25) is 0 Å². The van der Waals surface area contributed by atoms with Crippen LogP contribution < -0.4 is 14.5 Å². The number of ether oxygens (including phenoxy) is 1. The predicted octanol–water partition coefficient (Wildman–Crippen LogP) is 14.9. The monoisotopic (exact) mass is 1090 g/mol. The summed E-state index contributed by atoms with van der Waals surface area (Å²) in [4.78, 5) is 14.8. The van der Waals surface area contributed by atoms with Gasteiger partial charge in [0.05, 0.1) is 22.5 Å². The Bertz CT molecular complexity index is 3630. The van der Waals surface area contributed by atoms with Crippen LogP contribution in [0.25, 0.3) is 60.9 Å². The van der Waals surface area contributed by atoms with E-state index in [9.17, 15) is 5.26 Å². The molecule has 0 amide bonds. The van der Waals surface area contributed by atoms with Crippen LogP contribution >= 0.6 is 0 Å². The number of hydrogen-bond acceptors (Lipinski definition) is 6. The number of aromatic nitrogens is 4. The average Bonchev–Trinajstić information content (AvgIpc) is 3.84. The third-order valence-electron chi connectivity index (χ3n) is 14.4. The van der Waals surface area contributed by atoms with Gasteiger partial charge in [-0.05, 0) is 83.0 Å². The van der Waals surface area contributed by atoms with Gasteiger partial charge >= 0.3 is 0 Å². The summed E-state index contributed by atoms with van der Waals surface area (Å²) in [5.74, 6) is 3.05. The quantitative estimate of drug-likeness (QED) is 0.141. The molecule has 0 unspecified atom stereocenters. The maximum Gasteiger partial charge on any atom is 0.135 e. The second-order valence-electron chi connectivity index (χ2n) is 19.8. The predicted molar refractivity (Wildman–Crippen MR) is 277 cm³/mol. The number of fused-ring (bicyclic) bond motifs is 7. The molecule has 1 aliphatic carbocycles. The van der Waals surface area contributed by atoms with Gasteiger partial charge in [0.15, 0.2) is 0 Å². The number of para-hydroxylation sites is 1. The Morgan fingerprint density at radius 1 is 0.700 bits per heavy atom. The van der Waals surface area contributed by atoms with E-state index >= 15 is 0 Å². The first-order chi connectivity index (χ1) is 33.7. The number of imidazole rings is 1. The third-order valence-corrected chi connectivity index (χ3v) is 14.4. The number of hydrogen-bond donors (Lipinski definition) is 0. The molecule has 9 heteroatoms. The Hall–Kier alpha value is -7.46. The van der Waals surface area contributed by atoms with Gasteiger partial charge in [0, 0.05) is 85.4 Å². The summed E-state index contributed by atoms with van der Waals surface area (Å²) in [6.45, 7) is 9.89. The van der Waals surface area contributed by atoms with Crippen molar-refractivity contribution in [3.63, 3.8) is 0 Å². The van der Waals surface area contributed by atoms with Gasteiger partial charge in [0.25, 0.3) is 0 Å². The van der Waals surface area contributed by atoms with E-state index in [2.05, 4.69) is 192 Å². The fraction of sp³-hybridized carbons (Fsp3) is 0.180. The summed E-state index contributed by atoms with van der Waals surface area (Å²) in [5, 5.41) is 12.1. The Morgan fingerprint density at radius 2 is 1.43 bits per heavy atom. The minimum absolute atomic E-state index is 0. The zero-order valence-electron chi connectivity index (χ0n) is 39.2. The molecule has 8 nitrogen and oxygen atoms in total. The topological polar surface area (TPSA) is 75.1 Å². The average molecular weight is 1090 g/mol. The maximum absolute atomic E-state index is 9.92. The zero-order chi connectivity index (χ0) is 46.4. The van der Waals surface area contributed by atoms with E-state index in [0.29, 0.717) is 11.5 Å². The standard InChI is InChI=1S/C61H48N7O.Pt/c1-60(2,3)42-23-27-52-50(32-42)49-26-25-46(34-53(49)68(52)57-28-24-43(37-63-57)61(38-62)29-30-61)69-45-19-12-18-44(33-45)66-39-67(56-36-54-51(35-55(56)66)64-58-22-10-11-31-65(54)58)59-47(40-14-6-4-7-15-40)20-13-21-48(59)41-16-8-5-9-17-41;/h4-9,12-21,23-28,32,35-37,39H,10-11,22,29-31H2,1-3H3;/q-3;. The Balaban J connectivity index is 0.00000505. The van der Waals surface area contributed by atoms with Gasteiger partial charge in [-0.1, -0.05) is 123 Å². The molecule has 10 aromatic rings. The number of pyridine rings is 1. The molecule has 13 rings (SSSR count). The summed E-state index contributed by atoms with van der Waals surface area (Å²) < 4.78 is 11.3. The number of nitriles is 1. The Labute approximate surface area is 422 Å². The Kier molecular flexibility index (Phi) is 10.6. The fourth-order valence-electron chi connectivity index (χ4n) is 10.5. The molecule has 3 aliphatic rings. The molecular formula is C61H48N7OPt-3. The van der Waals surface area contributed by atoms with Gasteiger partial charge in [-0.3, -0.25) is 0 Å². The van der Waals surface area contributed by atoms with E-state index < -0.39 is 5.41 Å². The molecule has 70 heavy (non-hydrogen) atoms. The largest absolute Gasteiger partial charge is 0.509 e. The van der Waals surface area contributed by atoms with Crippen LogP contribution in [0.15, 0.2) is 158 Å². The van der Waals surface area contributed by atoms with E-state index in [1.165, 1.54) is 5.56 Å². The van der Waals surface area contributed by atoms with Crippen LogP contribution in [0.1, 0.15) is 63.4 Å². The molecule has 0 atom stereocenters. The summed E-state index contributed by atoms with van der Waals surface area (Å²) in [6, 6.07) is 63.4.